The molecular weight excluding hydrogens is 257 g/mol. The number of nitrogens with zero attached hydrogens (tertiary/aromatic N) is 1. The average Bonchev–Trinajstić information content (AvgIpc) is 3.05. The molecule has 0 saturated heterocycles. The summed E-state index contributed by atoms with van der Waals surface area (Å²) in [6.45, 7) is 0. The van der Waals surface area contributed by atoms with Crippen molar-refractivity contribution in [3.8, 4) is 17.1 Å². The largest absolute Gasteiger partial charge is 0.573 e. The Bertz CT molecular complexity index is 588. The van der Waals surface area contributed by atoms with Gasteiger partial charge in [-0.25, -0.2) is 4.98 Å². The maximum absolute atomic E-state index is 12.1. The van der Waals surface area contributed by atoms with E-state index in [0.717, 1.165) is 18.5 Å². The lowest BCUT2D eigenvalue weighted by molar-refractivity contribution is -0.274. The van der Waals surface area contributed by atoms with Crippen molar-refractivity contribution in [3.05, 3.63) is 36.2 Å². The zero-order chi connectivity index (χ0) is 13.5. The standard InChI is InChI=1S/C13H11F3N2O/c14-13(15,16)19-10-3-1-2-9(6-10)12-17-7-11(18-12)8-4-5-8/h1-3,6-8H,4-5H2,(H,17,18). The van der Waals surface area contributed by atoms with Crippen LogP contribution in [0.15, 0.2) is 30.5 Å². The van der Waals surface area contributed by atoms with Gasteiger partial charge in [-0.2, -0.15) is 0 Å². The smallest absolute Gasteiger partial charge is 0.406 e. The van der Waals surface area contributed by atoms with Crippen LogP contribution < -0.4 is 4.74 Å². The zero-order valence-corrected chi connectivity index (χ0v) is 9.87. The van der Waals surface area contributed by atoms with Gasteiger partial charge in [0.05, 0.1) is 0 Å². The second kappa shape index (κ2) is 4.29. The second-order valence-electron chi connectivity index (χ2n) is 4.54. The van der Waals surface area contributed by atoms with E-state index in [-0.39, 0.29) is 5.75 Å². The molecule has 2 aromatic rings. The maximum Gasteiger partial charge on any atom is 0.573 e. The summed E-state index contributed by atoms with van der Waals surface area (Å²) in [5.41, 5.74) is 1.62. The van der Waals surface area contributed by atoms with Gasteiger partial charge in [-0.3, -0.25) is 0 Å². The van der Waals surface area contributed by atoms with Crippen LogP contribution in [0.1, 0.15) is 24.5 Å². The lowest BCUT2D eigenvalue weighted by Crippen LogP contribution is -2.17. The van der Waals surface area contributed by atoms with Crippen LogP contribution in [0.4, 0.5) is 13.2 Å². The number of alkyl halides is 3. The Morgan fingerprint density at radius 3 is 2.74 bits per heavy atom. The summed E-state index contributed by atoms with van der Waals surface area (Å²) in [4.78, 5) is 7.33. The molecule has 100 valence electrons. The normalized spacial score (nSPS) is 15.5. The number of aromatic amines is 1. The molecule has 0 spiro atoms. The van der Waals surface area contributed by atoms with Crippen molar-refractivity contribution in [2.24, 2.45) is 0 Å². The first kappa shape index (κ1) is 12.1. The molecule has 0 amide bonds. The molecule has 19 heavy (non-hydrogen) atoms. The number of halogens is 3. The van der Waals surface area contributed by atoms with Gasteiger partial charge < -0.3 is 9.72 Å². The van der Waals surface area contributed by atoms with Crippen LogP contribution >= 0.6 is 0 Å². The Balaban J connectivity index is 1.85. The minimum absolute atomic E-state index is 0.241. The average molecular weight is 268 g/mol. The van der Waals surface area contributed by atoms with Crippen molar-refractivity contribution >= 4 is 0 Å². The molecule has 0 atom stereocenters. The minimum Gasteiger partial charge on any atom is -0.406 e. The second-order valence-corrected chi connectivity index (χ2v) is 4.54. The van der Waals surface area contributed by atoms with Crippen LogP contribution in [-0.2, 0) is 0 Å². The number of ether oxygens (including phenoxy) is 1. The molecule has 1 aromatic heterocycles. The highest BCUT2D eigenvalue weighted by molar-refractivity contribution is 5.58. The topological polar surface area (TPSA) is 37.9 Å². The van der Waals surface area contributed by atoms with Gasteiger partial charge in [0, 0.05) is 23.4 Å². The van der Waals surface area contributed by atoms with Gasteiger partial charge in [0.1, 0.15) is 11.6 Å². The van der Waals surface area contributed by atoms with Crippen molar-refractivity contribution in [1.82, 2.24) is 9.97 Å². The summed E-state index contributed by atoms with van der Waals surface area (Å²) in [7, 11) is 0. The third-order valence-electron chi connectivity index (χ3n) is 2.95. The fourth-order valence-electron chi connectivity index (χ4n) is 1.92. The molecule has 1 aromatic carbocycles. The van der Waals surface area contributed by atoms with E-state index in [4.69, 9.17) is 0 Å². The van der Waals surface area contributed by atoms with E-state index in [9.17, 15) is 13.2 Å². The predicted molar refractivity (Wildman–Crippen MR) is 62.7 cm³/mol. The number of hydrogen-bond donors (Lipinski definition) is 1. The van der Waals surface area contributed by atoms with Crippen LogP contribution in [0.2, 0.25) is 0 Å². The van der Waals surface area contributed by atoms with Gasteiger partial charge in [-0.1, -0.05) is 12.1 Å². The molecule has 1 saturated carbocycles. The SMILES string of the molecule is FC(F)(F)Oc1cccc(-c2ncc(C3CC3)[nH]2)c1. The predicted octanol–water partition coefficient (Wildman–Crippen LogP) is 3.85. The molecule has 3 nitrogen and oxygen atoms in total. The number of benzene rings is 1. The molecule has 1 aliphatic rings. The van der Waals surface area contributed by atoms with Crippen LogP contribution in [0.3, 0.4) is 0 Å². The van der Waals surface area contributed by atoms with E-state index in [1.807, 2.05) is 0 Å². The third-order valence-corrected chi connectivity index (χ3v) is 2.95. The highest BCUT2D eigenvalue weighted by Crippen LogP contribution is 2.39. The Morgan fingerprint density at radius 2 is 2.05 bits per heavy atom. The quantitative estimate of drug-likeness (QED) is 0.918. The number of rotatable bonds is 3. The van der Waals surface area contributed by atoms with Crippen LogP contribution in [0.5, 0.6) is 5.75 Å². The summed E-state index contributed by atoms with van der Waals surface area (Å²) in [6.07, 6.45) is -0.664. The van der Waals surface area contributed by atoms with Gasteiger partial charge in [-0.05, 0) is 25.0 Å². The highest BCUT2D eigenvalue weighted by Gasteiger charge is 2.31. The summed E-state index contributed by atoms with van der Waals surface area (Å²) in [6, 6.07) is 5.79. The first-order valence-corrected chi connectivity index (χ1v) is 5.92. The van der Waals surface area contributed by atoms with Gasteiger partial charge >= 0.3 is 6.36 Å². The van der Waals surface area contributed by atoms with Gasteiger partial charge in [0.2, 0.25) is 0 Å². The molecule has 3 rings (SSSR count). The number of aromatic nitrogens is 2. The fourth-order valence-corrected chi connectivity index (χ4v) is 1.92. The van der Waals surface area contributed by atoms with E-state index in [1.165, 1.54) is 18.2 Å². The summed E-state index contributed by atoms with van der Waals surface area (Å²) in [5.74, 6) is 0.847. The lowest BCUT2D eigenvalue weighted by atomic mass is 10.2. The van der Waals surface area contributed by atoms with Crippen molar-refractivity contribution in [1.29, 1.82) is 0 Å². The maximum atomic E-state index is 12.1. The minimum atomic E-state index is -4.68. The Labute approximate surface area is 107 Å². The third kappa shape index (κ3) is 2.89. The Hall–Kier alpha value is -1.98. The molecule has 1 fully saturated rings. The first-order valence-electron chi connectivity index (χ1n) is 5.92. The van der Waals surface area contributed by atoms with Gasteiger partial charge in [-0.15, -0.1) is 13.2 Å². The fraction of sp³-hybridized carbons (Fsp3) is 0.308. The Morgan fingerprint density at radius 1 is 1.26 bits per heavy atom. The first-order chi connectivity index (χ1) is 9.01. The number of hydrogen-bond acceptors (Lipinski definition) is 2. The number of nitrogens with one attached hydrogen (secondary N) is 1. The summed E-state index contributed by atoms with van der Waals surface area (Å²) < 4.78 is 40.3. The van der Waals surface area contributed by atoms with Crippen LogP contribution in [-0.4, -0.2) is 16.3 Å². The zero-order valence-electron chi connectivity index (χ0n) is 9.87. The number of H-pyrrole nitrogens is 1. The highest BCUT2D eigenvalue weighted by atomic mass is 19.4. The summed E-state index contributed by atoms with van der Waals surface area (Å²) in [5, 5.41) is 0. The molecule has 0 unspecified atom stereocenters. The summed E-state index contributed by atoms with van der Waals surface area (Å²) >= 11 is 0. The van der Waals surface area contributed by atoms with Crippen LogP contribution in [0, 0.1) is 0 Å². The van der Waals surface area contributed by atoms with E-state index in [2.05, 4.69) is 14.7 Å². The van der Waals surface area contributed by atoms with E-state index in [1.54, 1.807) is 12.3 Å². The van der Waals surface area contributed by atoms with Crippen molar-refractivity contribution < 1.29 is 17.9 Å². The van der Waals surface area contributed by atoms with Gasteiger partial charge in [0.15, 0.2) is 0 Å². The van der Waals surface area contributed by atoms with E-state index < -0.39 is 6.36 Å². The molecule has 0 radical (unpaired) electrons. The molecule has 1 aliphatic carbocycles. The number of imidazole rings is 1. The van der Waals surface area contributed by atoms with Crippen molar-refractivity contribution in [3.63, 3.8) is 0 Å². The molecule has 0 bridgehead atoms. The lowest BCUT2D eigenvalue weighted by Gasteiger charge is -2.09. The van der Waals surface area contributed by atoms with Crippen molar-refractivity contribution in [2.45, 2.75) is 25.1 Å². The molecule has 6 heteroatoms. The molecular formula is C13H11F3N2O. The molecule has 1 N–H and O–H groups in total. The monoisotopic (exact) mass is 268 g/mol. The van der Waals surface area contributed by atoms with Crippen LogP contribution in [0.25, 0.3) is 11.4 Å². The Kier molecular flexibility index (Phi) is 2.73. The van der Waals surface area contributed by atoms with E-state index >= 15 is 0 Å². The molecule has 1 heterocycles. The van der Waals surface area contributed by atoms with E-state index in [0.29, 0.717) is 17.3 Å². The molecule has 0 aliphatic heterocycles. The van der Waals surface area contributed by atoms with Gasteiger partial charge in [0.25, 0.3) is 0 Å². The van der Waals surface area contributed by atoms with Crippen molar-refractivity contribution in [2.75, 3.05) is 0 Å².